The first-order chi connectivity index (χ1) is 15.4. The van der Waals surface area contributed by atoms with Crippen molar-refractivity contribution in [2.24, 2.45) is 13.0 Å². The molecule has 2 aromatic heterocycles. The van der Waals surface area contributed by atoms with Crippen LogP contribution in [0.2, 0.25) is 0 Å². The van der Waals surface area contributed by atoms with E-state index >= 15 is 0 Å². The van der Waals surface area contributed by atoms with Gasteiger partial charge in [-0.1, -0.05) is 6.42 Å². The Hall–Kier alpha value is -3.87. The van der Waals surface area contributed by atoms with Gasteiger partial charge in [0.05, 0.1) is 23.3 Å². The maximum absolute atomic E-state index is 14.8. The molecule has 0 aliphatic heterocycles. The molecule has 0 bridgehead atoms. The highest BCUT2D eigenvalue weighted by atomic mass is 19.1. The number of aromatic nitrogens is 3. The van der Waals surface area contributed by atoms with Crippen molar-refractivity contribution >= 4 is 34.3 Å². The molecule has 1 aromatic carbocycles. The van der Waals surface area contributed by atoms with Crippen LogP contribution in [-0.4, -0.2) is 38.0 Å². The number of fused-ring (bicyclic) bond motifs is 1. The summed E-state index contributed by atoms with van der Waals surface area (Å²) in [5.41, 5.74) is 1.64. The van der Waals surface area contributed by atoms with E-state index in [1.165, 1.54) is 0 Å². The van der Waals surface area contributed by atoms with Gasteiger partial charge in [-0.15, -0.1) is 0 Å². The first-order valence-electron chi connectivity index (χ1n) is 10.4. The summed E-state index contributed by atoms with van der Waals surface area (Å²) in [7, 11) is 1.83. The summed E-state index contributed by atoms with van der Waals surface area (Å²) in [6.45, 7) is 1.74. The second-order valence-corrected chi connectivity index (χ2v) is 8.09. The molecule has 4 rings (SSSR count). The van der Waals surface area contributed by atoms with E-state index in [9.17, 15) is 14.4 Å². The zero-order chi connectivity index (χ0) is 22.8. The third-order valence-corrected chi connectivity index (χ3v) is 5.96. The van der Waals surface area contributed by atoms with E-state index in [0.717, 1.165) is 36.2 Å². The van der Waals surface area contributed by atoms with E-state index in [1.54, 1.807) is 17.8 Å². The smallest absolute Gasteiger partial charge is 0.404 e. The average molecular weight is 437 g/mol. The standard InChI is InChI=1S/C22H24FN7O2/c1-12(26-22(31)32)19(13-4-3-5-13)28-21-17(23)8-15(10-24)20(29-21)27-16-7-6-14-11-25-30(2)18(14)9-16/h6-9,11-13,19,26H,3-5H2,1-2H3,(H,31,32)(H2,27,28,29)/t12-,19-/m0/s1. The third kappa shape index (κ3) is 4.27. The molecule has 1 fully saturated rings. The van der Waals surface area contributed by atoms with Crippen LogP contribution in [0, 0.1) is 23.1 Å². The zero-order valence-electron chi connectivity index (χ0n) is 17.8. The van der Waals surface area contributed by atoms with Crippen molar-refractivity contribution in [3.05, 3.63) is 41.8 Å². The molecule has 2 heterocycles. The van der Waals surface area contributed by atoms with Crippen molar-refractivity contribution in [2.45, 2.75) is 38.3 Å². The Morgan fingerprint density at radius 3 is 2.78 bits per heavy atom. The average Bonchev–Trinajstić information content (AvgIpc) is 3.08. The van der Waals surface area contributed by atoms with Crippen molar-refractivity contribution in [3.8, 4) is 6.07 Å². The molecule has 4 N–H and O–H groups in total. The number of pyridine rings is 1. The number of nitriles is 1. The second-order valence-electron chi connectivity index (χ2n) is 8.09. The highest BCUT2D eigenvalue weighted by molar-refractivity contribution is 5.83. The molecule has 0 radical (unpaired) electrons. The molecule has 9 nitrogen and oxygen atoms in total. The number of nitrogens with zero attached hydrogens (tertiary/aromatic N) is 4. The molecule has 0 saturated heterocycles. The molecule has 2 atom stereocenters. The van der Waals surface area contributed by atoms with Crippen molar-refractivity contribution in [2.75, 3.05) is 10.6 Å². The van der Waals surface area contributed by atoms with E-state index in [-0.39, 0.29) is 29.2 Å². The molecule has 1 aliphatic rings. The fraction of sp³-hybridized carbons (Fsp3) is 0.364. The summed E-state index contributed by atoms with van der Waals surface area (Å²) in [5, 5.41) is 32.4. The summed E-state index contributed by atoms with van der Waals surface area (Å²) in [6.07, 6.45) is 3.53. The summed E-state index contributed by atoms with van der Waals surface area (Å²) >= 11 is 0. The van der Waals surface area contributed by atoms with Crippen molar-refractivity contribution in [1.82, 2.24) is 20.1 Å². The van der Waals surface area contributed by atoms with E-state index < -0.39 is 18.0 Å². The topological polar surface area (TPSA) is 128 Å². The Kier molecular flexibility index (Phi) is 5.81. The van der Waals surface area contributed by atoms with Crippen molar-refractivity contribution < 1.29 is 14.3 Å². The Bertz CT molecular complexity index is 1200. The van der Waals surface area contributed by atoms with Gasteiger partial charge in [0.2, 0.25) is 0 Å². The Morgan fingerprint density at radius 1 is 1.34 bits per heavy atom. The number of benzene rings is 1. The number of carbonyl (C=O) groups is 1. The van der Waals surface area contributed by atoms with Crippen molar-refractivity contribution in [1.29, 1.82) is 5.26 Å². The number of halogens is 1. The molecule has 3 aromatic rings. The van der Waals surface area contributed by atoms with Crippen LogP contribution in [0.15, 0.2) is 30.5 Å². The van der Waals surface area contributed by atoms with Gasteiger partial charge in [0, 0.05) is 24.2 Å². The lowest BCUT2D eigenvalue weighted by molar-refractivity contribution is 0.180. The molecule has 1 amide bonds. The van der Waals surface area contributed by atoms with Crippen LogP contribution in [0.3, 0.4) is 0 Å². The van der Waals surface area contributed by atoms with Crippen LogP contribution in [0.1, 0.15) is 31.7 Å². The van der Waals surface area contributed by atoms with Crippen LogP contribution in [0.25, 0.3) is 10.9 Å². The van der Waals surface area contributed by atoms with E-state index in [4.69, 9.17) is 5.11 Å². The largest absolute Gasteiger partial charge is 0.465 e. The number of aryl methyl sites for hydroxylation is 1. The van der Waals surface area contributed by atoms with Gasteiger partial charge in [-0.25, -0.2) is 14.2 Å². The maximum Gasteiger partial charge on any atom is 0.404 e. The molecule has 0 spiro atoms. The minimum absolute atomic E-state index is 0.0240. The number of amides is 1. The molecule has 0 unspecified atom stereocenters. The van der Waals surface area contributed by atoms with Crippen LogP contribution >= 0.6 is 0 Å². The fourth-order valence-corrected chi connectivity index (χ4v) is 4.02. The van der Waals surface area contributed by atoms with Gasteiger partial charge >= 0.3 is 6.09 Å². The summed E-state index contributed by atoms with van der Waals surface area (Å²) in [4.78, 5) is 15.5. The predicted molar refractivity (Wildman–Crippen MR) is 118 cm³/mol. The van der Waals surface area contributed by atoms with Gasteiger partial charge in [-0.2, -0.15) is 10.4 Å². The second kappa shape index (κ2) is 8.70. The van der Waals surface area contributed by atoms with Crippen molar-refractivity contribution in [3.63, 3.8) is 0 Å². The van der Waals surface area contributed by atoms with E-state index in [2.05, 4.69) is 26.0 Å². The zero-order valence-corrected chi connectivity index (χ0v) is 17.8. The first kappa shape index (κ1) is 21.4. The van der Waals surface area contributed by atoms with Crippen LogP contribution < -0.4 is 16.0 Å². The first-order valence-corrected chi connectivity index (χ1v) is 10.4. The highest BCUT2D eigenvalue weighted by Crippen LogP contribution is 2.34. The minimum atomic E-state index is -1.13. The predicted octanol–water partition coefficient (Wildman–Crippen LogP) is 3.96. The van der Waals surface area contributed by atoms with Gasteiger partial charge in [0.25, 0.3) is 0 Å². The number of hydrogen-bond acceptors (Lipinski definition) is 6. The Balaban J connectivity index is 1.64. The molecule has 10 heteroatoms. The molecular weight excluding hydrogens is 413 g/mol. The maximum atomic E-state index is 14.8. The summed E-state index contributed by atoms with van der Waals surface area (Å²) < 4.78 is 16.5. The summed E-state index contributed by atoms with van der Waals surface area (Å²) in [6, 6.07) is 7.93. The minimum Gasteiger partial charge on any atom is -0.465 e. The Morgan fingerprint density at radius 2 is 2.12 bits per heavy atom. The lowest BCUT2D eigenvalue weighted by Crippen LogP contribution is -2.50. The van der Waals surface area contributed by atoms with Crippen LogP contribution in [0.4, 0.5) is 26.5 Å². The quantitative estimate of drug-likeness (QED) is 0.440. The normalized spacial score (nSPS) is 15.4. The van der Waals surface area contributed by atoms with Gasteiger partial charge in [-0.05, 0) is 49.9 Å². The number of carboxylic acid groups (broad SMARTS) is 1. The lowest BCUT2D eigenvalue weighted by Gasteiger charge is -2.38. The third-order valence-electron chi connectivity index (χ3n) is 5.96. The lowest BCUT2D eigenvalue weighted by atomic mass is 9.77. The summed E-state index contributed by atoms with van der Waals surface area (Å²) in [5.74, 6) is -0.272. The molecule has 1 saturated carbocycles. The SMILES string of the molecule is C[C@H](NC(=O)O)[C@H](Nc1nc(Nc2ccc3cnn(C)c3c2)c(C#N)cc1F)C1CCC1. The number of anilines is 3. The van der Waals surface area contributed by atoms with Gasteiger partial charge in [0.1, 0.15) is 6.07 Å². The molecule has 32 heavy (non-hydrogen) atoms. The van der Waals surface area contributed by atoms with Gasteiger partial charge in [-0.3, -0.25) is 4.68 Å². The van der Waals surface area contributed by atoms with Gasteiger partial charge < -0.3 is 21.1 Å². The molecular formula is C22H24FN7O2. The number of rotatable bonds is 7. The Labute approximate surface area is 184 Å². The van der Waals surface area contributed by atoms with Gasteiger partial charge in [0.15, 0.2) is 17.5 Å². The molecule has 166 valence electrons. The fourth-order valence-electron chi connectivity index (χ4n) is 4.02. The molecule has 1 aliphatic carbocycles. The number of hydrogen-bond donors (Lipinski definition) is 4. The van der Waals surface area contributed by atoms with Crippen LogP contribution in [0.5, 0.6) is 0 Å². The van der Waals surface area contributed by atoms with E-state index in [0.29, 0.717) is 5.69 Å². The monoisotopic (exact) mass is 437 g/mol. The highest BCUT2D eigenvalue weighted by Gasteiger charge is 2.33. The van der Waals surface area contributed by atoms with E-state index in [1.807, 2.05) is 31.3 Å². The number of nitrogens with one attached hydrogen (secondary N) is 3. The van der Waals surface area contributed by atoms with Crippen LogP contribution in [-0.2, 0) is 7.05 Å².